The normalized spacial score (nSPS) is 11.5. The fourth-order valence-corrected chi connectivity index (χ4v) is 3.44. The molecule has 0 amide bonds. The van der Waals surface area contributed by atoms with Crippen molar-refractivity contribution in [2.75, 3.05) is 0 Å². The van der Waals surface area contributed by atoms with E-state index in [1.807, 2.05) is 0 Å². The molecule has 1 N–H and O–H groups in total. The van der Waals surface area contributed by atoms with Crippen LogP contribution in [-0.2, 0) is 12.2 Å². The highest BCUT2D eigenvalue weighted by atomic mass is 35.5. The second-order valence-corrected chi connectivity index (χ2v) is 8.46. The monoisotopic (exact) mass is 481 g/mol. The van der Waals surface area contributed by atoms with Crippen LogP contribution in [0.15, 0.2) is 59.8 Å². The molecule has 0 bridgehead atoms. The Hall–Kier alpha value is -3.69. The van der Waals surface area contributed by atoms with Gasteiger partial charge in [0.25, 0.3) is 5.56 Å². The molecule has 0 atom stereocenters. The predicted octanol–water partition coefficient (Wildman–Crippen LogP) is 3.99. The van der Waals surface area contributed by atoms with E-state index in [4.69, 9.17) is 16.3 Å². The zero-order valence-electron chi connectivity index (χ0n) is 18.7. The molecule has 0 saturated heterocycles. The number of aliphatic hydroxyl groups is 1. The van der Waals surface area contributed by atoms with Crippen LogP contribution in [0.2, 0.25) is 5.02 Å². The Labute approximate surface area is 199 Å². The summed E-state index contributed by atoms with van der Waals surface area (Å²) < 4.78 is 20.2. The van der Waals surface area contributed by atoms with Crippen LogP contribution in [0.5, 0.6) is 5.75 Å². The molecule has 0 aliphatic heterocycles. The summed E-state index contributed by atoms with van der Waals surface area (Å²) in [6.07, 6.45) is 4.19. The molecule has 0 saturated carbocycles. The van der Waals surface area contributed by atoms with Crippen LogP contribution in [0, 0.1) is 12.7 Å². The number of rotatable bonds is 6. The number of ether oxygens (including phenoxy) is 1. The van der Waals surface area contributed by atoms with Crippen molar-refractivity contribution >= 4 is 11.6 Å². The van der Waals surface area contributed by atoms with Gasteiger partial charge in [0.2, 0.25) is 0 Å². The van der Waals surface area contributed by atoms with Gasteiger partial charge in [0.15, 0.2) is 5.82 Å². The molecule has 8 nitrogen and oxygen atoms in total. The Bertz CT molecular complexity index is 1400. The summed E-state index contributed by atoms with van der Waals surface area (Å²) in [6, 6.07) is 9.46. The van der Waals surface area contributed by atoms with Crippen molar-refractivity contribution in [1.82, 2.24) is 24.5 Å². The summed E-state index contributed by atoms with van der Waals surface area (Å²) in [5, 5.41) is 10.1. The molecular weight excluding hydrogens is 461 g/mol. The van der Waals surface area contributed by atoms with Gasteiger partial charge in [0.1, 0.15) is 28.8 Å². The summed E-state index contributed by atoms with van der Waals surface area (Å²) in [7, 11) is 0. The van der Waals surface area contributed by atoms with Crippen molar-refractivity contribution in [3.63, 3.8) is 0 Å². The quantitative estimate of drug-likeness (QED) is 0.444. The molecule has 4 aromatic rings. The van der Waals surface area contributed by atoms with Gasteiger partial charge in [-0.15, -0.1) is 0 Å². The molecule has 0 unspecified atom stereocenters. The largest absolute Gasteiger partial charge is 0.485 e. The molecule has 10 heteroatoms. The summed E-state index contributed by atoms with van der Waals surface area (Å²) >= 11 is 6.34. The molecule has 0 aromatic carbocycles. The Balaban J connectivity index is 1.67. The molecule has 0 aliphatic carbocycles. The van der Waals surface area contributed by atoms with Gasteiger partial charge in [-0.2, -0.15) is 0 Å². The summed E-state index contributed by atoms with van der Waals surface area (Å²) in [5.41, 5.74) is 0.911. The van der Waals surface area contributed by atoms with E-state index in [0.29, 0.717) is 28.5 Å². The lowest BCUT2D eigenvalue weighted by Crippen LogP contribution is -2.22. The van der Waals surface area contributed by atoms with E-state index >= 15 is 0 Å². The molecule has 0 radical (unpaired) electrons. The molecule has 0 fully saturated rings. The minimum Gasteiger partial charge on any atom is -0.485 e. The summed E-state index contributed by atoms with van der Waals surface area (Å²) in [6.45, 7) is 4.96. The smallest absolute Gasteiger partial charge is 0.277 e. The number of hydrogen-bond donors (Lipinski definition) is 1. The van der Waals surface area contributed by atoms with E-state index < -0.39 is 17.0 Å². The van der Waals surface area contributed by atoms with Gasteiger partial charge >= 0.3 is 0 Å². The second-order valence-electron chi connectivity index (χ2n) is 8.08. The maximum Gasteiger partial charge on any atom is 0.277 e. The maximum atomic E-state index is 13.1. The van der Waals surface area contributed by atoms with Gasteiger partial charge in [-0.1, -0.05) is 11.6 Å². The fraction of sp³-hybridized carbons (Fsp3) is 0.208. The van der Waals surface area contributed by atoms with Gasteiger partial charge in [0.05, 0.1) is 29.0 Å². The first kappa shape index (κ1) is 23.5. The van der Waals surface area contributed by atoms with E-state index in [9.17, 15) is 14.3 Å². The maximum absolute atomic E-state index is 13.1. The predicted molar refractivity (Wildman–Crippen MR) is 124 cm³/mol. The van der Waals surface area contributed by atoms with Crippen molar-refractivity contribution < 1.29 is 14.2 Å². The third-order valence-electron chi connectivity index (χ3n) is 4.93. The lowest BCUT2D eigenvalue weighted by molar-refractivity contribution is 0.0688. The average Bonchev–Trinajstić information content (AvgIpc) is 2.81. The van der Waals surface area contributed by atoms with Crippen LogP contribution in [0.25, 0.3) is 17.1 Å². The highest BCUT2D eigenvalue weighted by molar-refractivity contribution is 6.31. The van der Waals surface area contributed by atoms with Gasteiger partial charge in [-0.3, -0.25) is 19.3 Å². The minimum absolute atomic E-state index is 0.0273. The fourth-order valence-electron chi connectivity index (χ4n) is 3.25. The first-order valence-corrected chi connectivity index (χ1v) is 10.7. The van der Waals surface area contributed by atoms with Crippen molar-refractivity contribution in [2.45, 2.75) is 33.0 Å². The van der Waals surface area contributed by atoms with Crippen molar-refractivity contribution in [1.29, 1.82) is 0 Å². The third-order valence-corrected chi connectivity index (χ3v) is 5.28. The number of halogens is 2. The van der Waals surface area contributed by atoms with E-state index in [1.165, 1.54) is 16.7 Å². The van der Waals surface area contributed by atoms with Crippen LogP contribution in [0.4, 0.5) is 4.39 Å². The SMILES string of the molecule is Cc1cc(OCc2ccc(F)cn2)c(Cl)c(=O)n1-c1ccnc(-c2ccnc(C(C)(C)O)n2)c1. The molecule has 174 valence electrons. The second kappa shape index (κ2) is 9.28. The summed E-state index contributed by atoms with van der Waals surface area (Å²) in [5.74, 6) is 0.00684. The van der Waals surface area contributed by atoms with Crippen molar-refractivity contribution in [3.05, 3.63) is 93.4 Å². The lowest BCUT2D eigenvalue weighted by atomic mass is 10.1. The topological polar surface area (TPSA) is 103 Å². The molecule has 4 heterocycles. The Morgan fingerprint density at radius 1 is 1.09 bits per heavy atom. The van der Waals surface area contributed by atoms with Gasteiger partial charge < -0.3 is 9.84 Å². The average molecular weight is 482 g/mol. The zero-order valence-corrected chi connectivity index (χ0v) is 19.4. The van der Waals surface area contributed by atoms with Crippen LogP contribution in [0.3, 0.4) is 0 Å². The zero-order chi connectivity index (χ0) is 24.5. The molecule has 4 aromatic heterocycles. The molecule has 4 rings (SSSR count). The van der Waals surface area contributed by atoms with Gasteiger partial charge in [0, 0.05) is 24.2 Å². The van der Waals surface area contributed by atoms with Crippen LogP contribution in [-0.4, -0.2) is 29.6 Å². The first-order chi connectivity index (χ1) is 16.1. The van der Waals surface area contributed by atoms with Crippen molar-refractivity contribution in [3.8, 4) is 22.8 Å². The van der Waals surface area contributed by atoms with E-state index in [1.54, 1.807) is 57.4 Å². The number of hydrogen-bond acceptors (Lipinski definition) is 7. The summed E-state index contributed by atoms with van der Waals surface area (Å²) in [4.78, 5) is 29.9. The Morgan fingerprint density at radius 2 is 1.85 bits per heavy atom. The van der Waals surface area contributed by atoms with Crippen LogP contribution < -0.4 is 10.3 Å². The molecular formula is C24H21ClFN5O3. The van der Waals surface area contributed by atoms with Gasteiger partial charge in [-0.05, 0) is 51.1 Å². The highest BCUT2D eigenvalue weighted by Gasteiger charge is 2.21. The minimum atomic E-state index is -1.21. The van der Waals surface area contributed by atoms with E-state index in [0.717, 1.165) is 6.20 Å². The number of aryl methyl sites for hydroxylation is 1. The first-order valence-electron chi connectivity index (χ1n) is 10.3. The number of nitrogens with zero attached hydrogens (tertiary/aromatic N) is 5. The molecule has 0 aliphatic rings. The van der Waals surface area contributed by atoms with E-state index in [-0.39, 0.29) is 23.2 Å². The van der Waals surface area contributed by atoms with Crippen molar-refractivity contribution in [2.24, 2.45) is 0 Å². The van der Waals surface area contributed by atoms with Crippen LogP contribution >= 0.6 is 11.6 Å². The molecule has 0 spiro atoms. The number of pyridine rings is 3. The van der Waals surface area contributed by atoms with Gasteiger partial charge in [-0.25, -0.2) is 14.4 Å². The standard InChI is InChI=1S/C24H21ClFN5O3/c1-14-10-20(34-13-16-5-4-15(26)12-29-16)21(25)22(32)31(14)17-6-8-27-19(11-17)18-7-9-28-23(30-18)24(2,3)33/h4-12,33H,13H2,1-3H3. The highest BCUT2D eigenvalue weighted by Crippen LogP contribution is 2.26. The Kier molecular flexibility index (Phi) is 6.41. The van der Waals surface area contributed by atoms with Crippen LogP contribution in [0.1, 0.15) is 31.1 Å². The molecule has 34 heavy (non-hydrogen) atoms. The Morgan fingerprint density at radius 3 is 2.56 bits per heavy atom. The number of aromatic nitrogens is 5. The van der Waals surface area contributed by atoms with E-state index in [2.05, 4.69) is 19.9 Å². The third kappa shape index (κ3) is 4.95. The lowest BCUT2D eigenvalue weighted by Gasteiger charge is -2.16.